The molecule has 16 nitrogen and oxygen atoms in total. The van der Waals surface area contributed by atoms with Crippen molar-refractivity contribution in [3.63, 3.8) is 0 Å². The molecule has 16 heteroatoms. The summed E-state index contributed by atoms with van der Waals surface area (Å²) in [6.07, 6.45) is 20.8. The minimum atomic E-state index is -0.751. The van der Waals surface area contributed by atoms with Crippen LogP contribution in [0.4, 0.5) is 0 Å². The largest absolute Gasteiger partial charge is 0.497 e. The predicted octanol–water partition coefficient (Wildman–Crippen LogP) is 22.8. The quantitative estimate of drug-likeness (QED) is 0.0151. The molecule has 6 atom stereocenters. The molecule has 6 unspecified atom stereocenters. The summed E-state index contributed by atoms with van der Waals surface area (Å²) in [7, 11) is 1.68. The molecule has 0 saturated carbocycles. The van der Waals surface area contributed by atoms with Gasteiger partial charge in [0.2, 0.25) is 0 Å². The highest BCUT2D eigenvalue weighted by atomic mass is 16.7. The third-order valence-electron chi connectivity index (χ3n) is 23.0. The first kappa shape index (κ1) is 87.1. The van der Waals surface area contributed by atoms with E-state index in [1.54, 1.807) is 38.3 Å². The van der Waals surface area contributed by atoms with Crippen LogP contribution in [0.15, 0.2) is 179 Å². The maximum Gasteiger partial charge on any atom is 0.311 e. The van der Waals surface area contributed by atoms with E-state index < -0.39 is 39.6 Å². The van der Waals surface area contributed by atoms with Crippen LogP contribution >= 0.6 is 0 Å². The number of hydrogen-bond acceptors (Lipinski definition) is 16. The number of esters is 5. The number of ketones is 1. The van der Waals surface area contributed by atoms with Gasteiger partial charge in [0.1, 0.15) is 52.5 Å². The molecule has 6 aromatic carbocycles. The van der Waals surface area contributed by atoms with Crippen LogP contribution in [0, 0.1) is 10.8 Å². The molecule has 6 aromatic rings. The van der Waals surface area contributed by atoms with Crippen molar-refractivity contribution in [2.75, 3.05) is 7.11 Å². The molecule has 0 aromatic heterocycles. The molecule has 596 valence electrons. The number of Topliss-reactive ketones (excluding diaryl/α,β-unsaturated/α-hetero) is 1. The molecule has 111 heavy (non-hydrogen) atoms. The van der Waals surface area contributed by atoms with Crippen LogP contribution in [0.3, 0.4) is 0 Å². The molecule has 0 bridgehead atoms. The number of ether oxygens (including phenoxy) is 6. The molecule has 0 radical (unpaired) electrons. The Labute approximate surface area is 660 Å². The first-order chi connectivity index (χ1) is 53.3. The van der Waals surface area contributed by atoms with Crippen LogP contribution in [0.2, 0.25) is 0 Å². The second-order valence-electron chi connectivity index (χ2n) is 31.3. The van der Waals surface area contributed by atoms with Gasteiger partial charge in [0.25, 0.3) is 0 Å². The minimum Gasteiger partial charge on any atom is -0.497 e. The first-order valence-corrected chi connectivity index (χ1v) is 40.9. The maximum absolute atomic E-state index is 13.4. The van der Waals surface area contributed by atoms with Gasteiger partial charge in [0.05, 0.1) is 29.4 Å². The average molecular weight is 1520 g/mol. The SMILES string of the molecule is CC/C=C(/C)CCC1ON=C(C(CCCC)(c2ccc(OC)cc2)c2ccc(OC(=O)CCCCC(=O)Oc3ccc(C(C)(C)c4ccc(OC(=O)CCCCC(=O)Oc5ccc(C(CCCC)(C6=NOC(CC/C(C)=C\CC)C6(C)CC)c6ccc(OC(=O)CCCCC(C)=O)cc6)cc5)cc4)cc3)cc2)C1(C)CC. The van der Waals surface area contributed by atoms with Crippen LogP contribution in [0.25, 0.3) is 0 Å². The Morgan fingerprint density at radius 2 is 0.640 bits per heavy atom. The van der Waals surface area contributed by atoms with Crippen LogP contribution in [-0.2, 0) is 54.7 Å². The van der Waals surface area contributed by atoms with E-state index >= 15 is 0 Å². The van der Waals surface area contributed by atoms with Crippen molar-refractivity contribution in [1.29, 1.82) is 0 Å². The summed E-state index contributed by atoms with van der Waals surface area (Å²) in [6.45, 7) is 27.8. The zero-order valence-corrected chi connectivity index (χ0v) is 68.7. The van der Waals surface area contributed by atoms with Gasteiger partial charge < -0.3 is 42.9 Å². The number of benzene rings is 6. The summed E-state index contributed by atoms with van der Waals surface area (Å²) < 4.78 is 34.7. The lowest BCUT2D eigenvalue weighted by Gasteiger charge is -2.42. The van der Waals surface area contributed by atoms with E-state index in [1.807, 2.05) is 97.1 Å². The fourth-order valence-electron chi connectivity index (χ4n) is 15.8. The number of methoxy groups -OCH3 is 1. The van der Waals surface area contributed by atoms with Gasteiger partial charge in [-0.3, -0.25) is 24.0 Å². The number of allylic oxidation sites excluding steroid dienone is 4. The van der Waals surface area contributed by atoms with Gasteiger partial charge in [-0.2, -0.15) is 0 Å². The monoisotopic (exact) mass is 1510 g/mol. The van der Waals surface area contributed by atoms with Crippen molar-refractivity contribution < 1.29 is 66.9 Å². The van der Waals surface area contributed by atoms with Crippen LogP contribution in [-0.4, -0.2) is 66.4 Å². The highest BCUT2D eigenvalue weighted by Crippen LogP contribution is 2.53. The number of nitrogens with zero attached hydrogens (tertiary/aromatic N) is 2. The van der Waals surface area contributed by atoms with Crippen molar-refractivity contribution in [1.82, 2.24) is 0 Å². The van der Waals surface area contributed by atoms with E-state index in [2.05, 4.69) is 120 Å². The predicted molar refractivity (Wildman–Crippen MR) is 440 cm³/mol. The Morgan fingerprint density at radius 3 is 0.883 bits per heavy atom. The van der Waals surface area contributed by atoms with Gasteiger partial charge in [-0.25, -0.2) is 0 Å². The Bertz CT molecular complexity index is 4160. The van der Waals surface area contributed by atoms with Crippen molar-refractivity contribution in [2.24, 2.45) is 21.1 Å². The smallest absolute Gasteiger partial charge is 0.311 e. The van der Waals surface area contributed by atoms with E-state index in [-0.39, 0.29) is 67.4 Å². The van der Waals surface area contributed by atoms with Gasteiger partial charge in [-0.1, -0.05) is 201 Å². The third-order valence-corrected chi connectivity index (χ3v) is 23.0. The number of oxime groups is 2. The van der Waals surface area contributed by atoms with Crippen LogP contribution < -0.4 is 28.4 Å². The van der Waals surface area contributed by atoms with E-state index in [0.717, 1.165) is 140 Å². The summed E-state index contributed by atoms with van der Waals surface area (Å²) in [5.41, 5.74) is 8.08. The molecule has 0 spiro atoms. The number of hydrogen-bond donors (Lipinski definition) is 0. The maximum atomic E-state index is 13.4. The molecule has 0 amide bonds. The fourth-order valence-corrected chi connectivity index (χ4v) is 15.8. The molecular formula is C95H122N2O14. The first-order valence-electron chi connectivity index (χ1n) is 40.9. The van der Waals surface area contributed by atoms with Gasteiger partial charge in [0.15, 0.2) is 0 Å². The molecular weight excluding hydrogens is 1390 g/mol. The van der Waals surface area contributed by atoms with Crippen molar-refractivity contribution >= 4 is 47.1 Å². The van der Waals surface area contributed by atoms with Gasteiger partial charge in [0, 0.05) is 54.8 Å². The highest BCUT2D eigenvalue weighted by Gasteiger charge is 2.56. The Morgan fingerprint density at radius 1 is 0.378 bits per heavy atom. The van der Waals surface area contributed by atoms with Crippen molar-refractivity contribution in [3.8, 4) is 34.5 Å². The summed E-state index contributed by atoms with van der Waals surface area (Å²) in [6, 6.07) is 46.4. The van der Waals surface area contributed by atoms with Gasteiger partial charge in [-0.05, 0) is 230 Å². The van der Waals surface area contributed by atoms with Crippen molar-refractivity contribution in [3.05, 3.63) is 202 Å². The van der Waals surface area contributed by atoms with Gasteiger partial charge in [-0.15, -0.1) is 0 Å². The van der Waals surface area contributed by atoms with E-state index in [9.17, 15) is 28.8 Å². The van der Waals surface area contributed by atoms with Crippen molar-refractivity contribution in [2.45, 2.75) is 285 Å². The lowest BCUT2D eigenvalue weighted by Crippen LogP contribution is -2.48. The standard InChI is InChI=1S/C95H122N2O14/c1-15-21-65-94(72-43-51-76(104-14)52-44-72,89-92(12,19-5)82(110-96-89)63-37-67(7)29-17-3)73-45-57-80(58-46-73)108-87(102)35-27-25-33-85(100)105-77-53-39-70(40-54-77)91(10,11)71-41-55-78(56-42-71)106-86(101)34-26-28-36-88(103)109-81-61-49-75(50-62-81)95(66-22-16-2,90-93(13,20-6)83(111-97-90)64-38-68(8)30-18-4)74-47-59-79(60-48-74)107-84(99)32-24-23-31-69(9)98/h29-30,39-62,82-83H,15-28,31-38,63-66H2,1-14H3/b67-29-,68-30-. The number of carbonyl (C=O) groups is 6. The molecule has 0 saturated heterocycles. The molecule has 2 heterocycles. The molecule has 0 fully saturated rings. The Kier molecular flexibility index (Phi) is 32.8. The van der Waals surface area contributed by atoms with Crippen LogP contribution in [0.5, 0.6) is 34.5 Å². The van der Waals surface area contributed by atoms with E-state index in [4.69, 9.17) is 48.4 Å². The molecule has 0 aliphatic carbocycles. The zero-order valence-electron chi connectivity index (χ0n) is 68.7. The summed E-state index contributed by atoms with van der Waals surface area (Å²) >= 11 is 0. The van der Waals surface area contributed by atoms with Gasteiger partial charge >= 0.3 is 29.8 Å². The third kappa shape index (κ3) is 22.7. The Balaban J connectivity index is 0.796. The Hall–Kier alpha value is -9.44. The normalized spacial score (nSPS) is 18.1. The van der Waals surface area contributed by atoms with E-state index in [0.29, 0.717) is 73.7 Å². The molecule has 2 aliphatic rings. The molecule has 0 N–H and O–H groups in total. The molecule has 2 aliphatic heterocycles. The second kappa shape index (κ2) is 41.7. The highest BCUT2D eigenvalue weighted by molar-refractivity contribution is 6.04. The lowest BCUT2D eigenvalue weighted by atomic mass is 9.59. The van der Waals surface area contributed by atoms with E-state index in [1.165, 1.54) is 11.1 Å². The summed E-state index contributed by atoms with van der Waals surface area (Å²) in [5.74, 6) is 1.04. The number of unbranched alkanes of at least 4 members (excludes halogenated alkanes) is 5. The number of carbonyl (C=O) groups excluding carboxylic acids is 6. The average Bonchev–Trinajstić information content (AvgIpc) is 1.64. The minimum absolute atomic E-state index is 0.0836. The summed E-state index contributed by atoms with van der Waals surface area (Å²) in [4.78, 5) is 90.1. The number of rotatable bonds is 45. The summed E-state index contributed by atoms with van der Waals surface area (Å²) in [5, 5.41) is 10.1. The topological polar surface area (TPSA) is 201 Å². The zero-order chi connectivity index (χ0) is 80.2. The second-order valence-corrected chi connectivity index (χ2v) is 31.3. The lowest BCUT2D eigenvalue weighted by molar-refractivity contribution is -0.136. The van der Waals surface area contributed by atoms with Crippen LogP contribution in [0.1, 0.15) is 290 Å². The molecule has 8 rings (SSSR count). The fraction of sp³-hybridized carbons (Fsp3) is 0.495.